The van der Waals surface area contributed by atoms with E-state index in [0.29, 0.717) is 23.7 Å². The van der Waals surface area contributed by atoms with E-state index in [4.69, 9.17) is 26.7 Å². The third-order valence-corrected chi connectivity index (χ3v) is 8.60. The Morgan fingerprint density at radius 3 is 2.57 bits per heavy atom. The molecular weight excluding hydrogens is 618 g/mol. The number of carbonyl (C=O) groups is 2. The maximum absolute atomic E-state index is 14.4. The fourth-order valence-electron chi connectivity index (χ4n) is 6.20. The van der Waals surface area contributed by atoms with Crippen molar-refractivity contribution in [3.05, 3.63) is 73.1 Å². The molecule has 1 fully saturated rings. The summed E-state index contributed by atoms with van der Waals surface area (Å²) in [5, 5.41) is 24.5. The number of fused-ring (bicyclic) bond motifs is 1. The molecule has 6 rings (SSSR count). The number of nitrogens with one attached hydrogen (secondary N) is 1. The maximum atomic E-state index is 14.4. The van der Waals surface area contributed by atoms with Crippen molar-refractivity contribution in [1.29, 1.82) is 0 Å². The standard InChI is InChI=1S/C34H35N7O5S/c1-2-3-4-5-10-30(33(42)40-19-25(18-31(40)34(43)44)46-24-14-12-23(13-15-24)45-21-47)41-20-35-28-17-22(11-16-29(28)41)26-8-6-7-9-27(26)32-36-38-39-37-32/h6-9,11-17,20-21,25,30-31H,2-5,10,18-19H2,1H3,(H,43,44)(H,36,37,38,39)/t25-,30?,31-/m0/s1. The summed E-state index contributed by atoms with van der Waals surface area (Å²) in [5.41, 5.74) is 5.39. The normalized spacial score (nSPS) is 16.7. The van der Waals surface area contributed by atoms with Crippen LogP contribution in [-0.4, -0.2) is 76.3 Å². The third-order valence-electron chi connectivity index (χ3n) is 8.51. The molecule has 5 aromatic rings. The number of ether oxygens (including phenoxy) is 2. The molecule has 3 heterocycles. The number of aliphatic carboxylic acids is 1. The number of carbonyl (C=O) groups excluding carboxylic acids is 1. The molecule has 1 aliphatic rings. The number of benzene rings is 3. The first-order chi connectivity index (χ1) is 23.0. The molecule has 47 heavy (non-hydrogen) atoms. The Morgan fingerprint density at radius 2 is 1.85 bits per heavy atom. The van der Waals surface area contributed by atoms with Gasteiger partial charge in [0.05, 0.1) is 23.9 Å². The third kappa shape index (κ3) is 6.99. The number of hydrogen-bond donors (Lipinski definition) is 2. The van der Waals surface area contributed by atoms with E-state index >= 15 is 0 Å². The van der Waals surface area contributed by atoms with Gasteiger partial charge < -0.3 is 24.0 Å². The second kappa shape index (κ2) is 14.5. The first-order valence-electron chi connectivity index (χ1n) is 15.7. The Bertz CT molecular complexity index is 1840. The van der Waals surface area contributed by atoms with Gasteiger partial charge in [0.1, 0.15) is 29.7 Å². The van der Waals surface area contributed by atoms with Gasteiger partial charge in [-0.3, -0.25) is 4.79 Å². The quantitative estimate of drug-likeness (QED) is 0.110. The van der Waals surface area contributed by atoms with Crippen molar-refractivity contribution in [3.63, 3.8) is 0 Å². The second-order valence-corrected chi connectivity index (χ2v) is 11.7. The molecule has 3 aromatic carbocycles. The first-order valence-corrected chi connectivity index (χ1v) is 16.1. The van der Waals surface area contributed by atoms with Gasteiger partial charge in [0.15, 0.2) is 11.4 Å². The molecule has 3 atom stereocenters. The molecule has 2 N–H and O–H groups in total. The van der Waals surface area contributed by atoms with E-state index in [9.17, 15) is 14.7 Å². The number of rotatable bonds is 14. The molecule has 0 saturated carbocycles. The number of thiocarbonyl (C=S) groups is 1. The number of aromatic nitrogens is 6. The van der Waals surface area contributed by atoms with Gasteiger partial charge in [0.2, 0.25) is 5.91 Å². The van der Waals surface area contributed by atoms with E-state index in [2.05, 4.69) is 27.5 Å². The molecule has 0 aliphatic carbocycles. The van der Waals surface area contributed by atoms with Crippen LogP contribution in [0.2, 0.25) is 0 Å². The van der Waals surface area contributed by atoms with Gasteiger partial charge in [-0.15, -0.1) is 5.10 Å². The number of carboxylic acid groups (broad SMARTS) is 1. The summed E-state index contributed by atoms with van der Waals surface area (Å²) in [5.74, 6) is 0.373. The predicted octanol–water partition coefficient (Wildman–Crippen LogP) is 5.86. The summed E-state index contributed by atoms with van der Waals surface area (Å²) < 4.78 is 13.2. The van der Waals surface area contributed by atoms with Gasteiger partial charge in [-0.05, 0) is 76.6 Å². The molecule has 1 unspecified atom stereocenters. The smallest absolute Gasteiger partial charge is 0.326 e. The zero-order chi connectivity index (χ0) is 32.8. The number of unbranched alkanes of at least 4 members (excludes halogenated alkanes) is 3. The lowest BCUT2D eigenvalue weighted by atomic mass is 9.98. The molecule has 0 bridgehead atoms. The van der Waals surface area contributed by atoms with E-state index < -0.39 is 24.2 Å². The molecule has 1 amide bonds. The lowest BCUT2D eigenvalue weighted by molar-refractivity contribution is -0.149. The van der Waals surface area contributed by atoms with Crippen molar-refractivity contribution in [2.75, 3.05) is 6.54 Å². The van der Waals surface area contributed by atoms with Crippen molar-refractivity contribution in [1.82, 2.24) is 35.1 Å². The lowest BCUT2D eigenvalue weighted by Gasteiger charge is -2.28. The number of nitrogens with zero attached hydrogens (tertiary/aromatic N) is 6. The van der Waals surface area contributed by atoms with Gasteiger partial charge in [-0.25, -0.2) is 14.9 Å². The molecule has 13 heteroatoms. The summed E-state index contributed by atoms with van der Waals surface area (Å²) in [7, 11) is 0. The van der Waals surface area contributed by atoms with Crippen molar-refractivity contribution >= 4 is 40.7 Å². The van der Waals surface area contributed by atoms with Crippen LogP contribution in [-0.2, 0) is 9.59 Å². The van der Waals surface area contributed by atoms with E-state index in [1.165, 1.54) is 10.5 Å². The zero-order valence-corrected chi connectivity index (χ0v) is 26.7. The van der Waals surface area contributed by atoms with E-state index in [-0.39, 0.29) is 18.9 Å². The van der Waals surface area contributed by atoms with Gasteiger partial charge in [-0.2, -0.15) is 0 Å². The van der Waals surface area contributed by atoms with Crippen LogP contribution in [0.4, 0.5) is 0 Å². The number of imidazole rings is 1. The topological polar surface area (TPSA) is 148 Å². The predicted molar refractivity (Wildman–Crippen MR) is 179 cm³/mol. The van der Waals surface area contributed by atoms with Crippen LogP contribution >= 0.6 is 12.2 Å². The minimum Gasteiger partial charge on any atom is -0.488 e. The molecule has 2 aromatic heterocycles. The number of likely N-dealkylation sites (tertiary alicyclic amines) is 1. The van der Waals surface area contributed by atoms with Crippen LogP contribution in [0.3, 0.4) is 0 Å². The summed E-state index contributed by atoms with van der Waals surface area (Å²) >= 11 is 4.73. The second-order valence-electron chi connectivity index (χ2n) is 11.5. The van der Waals surface area contributed by atoms with Crippen molar-refractivity contribution in [2.45, 2.75) is 63.6 Å². The molecule has 0 radical (unpaired) electrons. The number of amides is 1. The Morgan fingerprint density at radius 1 is 1.06 bits per heavy atom. The van der Waals surface area contributed by atoms with Gasteiger partial charge >= 0.3 is 5.97 Å². The Labute approximate surface area is 276 Å². The number of aromatic amines is 1. The number of carboxylic acids is 1. The monoisotopic (exact) mass is 653 g/mol. The van der Waals surface area contributed by atoms with Crippen LogP contribution in [0.25, 0.3) is 33.5 Å². The molecule has 0 spiro atoms. The lowest BCUT2D eigenvalue weighted by Crippen LogP contribution is -2.44. The van der Waals surface area contributed by atoms with Crippen LogP contribution in [0.1, 0.15) is 51.5 Å². The highest BCUT2D eigenvalue weighted by molar-refractivity contribution is 7.78. The highest BCUT2D eigenvalue weighted by Gasteiger charge is 2.43. The van der Waals surface area contributed by atoms with Crippen molar-refractivity contribution < 1.29 is 24.2 Å². The summed E-state index contributed by atoms with van der Waals surface area (Å²) in [6.07, 6.45) is 5.85. The SMILES string of the molecule is CCCCCCC(C(=O)N1C[C@@H](Oc2ccc(OC=S)cc2)C[C@H]1C(=O)O)n1cnc2cc(-c3ccccc3-c3nnn[nH]3)ccc21. The van der Waals surface area contributed by atoms with E-state index in [1.807, 2.05) is 47.0 Å². The van der Waals surface area contributed by atoms with Crippen molar-refractivity contribution in [3.8, 4) is 34.0 Å². The van der Waals surface area contributed by atoms with Gasteiger partial charge in [0.25, 0.3) is 0 Å². The Hall–Kier alpha value is -5.17. The van der Waals surface area contributed by atoms with Gasteiger partial charge in [0, 0.05) is 12.0 Å². The Balaban J connectivity index is 1.28. The summed E-state index contributed by atoms with van der Waals surface area (Å²) in [4.78, 5) is 32.9. The highest BCUT2D eigenvalue weighted by atomic mass is 32.1. The molecule has 12 nitrogen and oxygen atoms in total. The number of hydrogen-bond acceptors (Lipinski definition) is 9. The van der Waals surface area contributed by atoms with Crippen LogP contribution in [0, 0.1) is 0 Å². The Kier molecular flexibility index (Phi) is 9.81. The van der Waals surface area contributed by atoms with Crippen LogP contribution in [0.15, 0.2) is 73.1 Å². The first kappa shape index (κ1) is 31.8. The minimum atomic E-state index is -1.06. The summed E-state index contributed by atoms with van der Waals surface area (Å²) in [6, 6.07) is 19.0. The fourth-order valence-corrected chi connectivity index (χ4v) is 6.32. The minimum absolute atomic E-state index is 0.156. The van der Waals surface area contributed by atoms with Crippen LogP contribution in [0.5, 0.6) is 11.5 Å². The maximum Gasteiger partial charge on any atom is 0.326 e. The molecule has 1 saturated heterocycles. The average molecular weight is 654 g/mol. The fraction of sp³-hybridized carbons (Fsp3) is 0.324. The molecule has 242 valence electrons. The largest absolute Gasteiger partial charge is 0.488 e. The summed E-state index contributed by atoms with van der Waals surface area (Å²) in [6.45, 7) is 2.30. The van der Waals surface area contributed by atoms with Crippen molar-refractivity contribution in [2.24, 2.45) is 0 Å². The van der Waals surface area contributed by atoms with Crippen LogP contribution < -0.4 is 9.47 Å². The number of H-pyrrole nitrogens is 1. The highest BCUT2D eigenvalue weighted by Crippen LogP contribution is 2.34. The van der Waals surface area contributed by atoms with E-state index in [1.54, 1.807) is 30.6 Å². The molecular formula is C34H35N7O5S. The zero-order valence-electron chi connectivity index (χ0n) is 25.9. The van der Waals surface area contributed by atoms with Gasteiger partial charge in [-0.1, -0.05) is 62.9 Å². The van der Waals surface area contributed by atoms with E-state index in [0.717, 1.165) is 53.4 Å². The average Bonchev–Trinajstić information content (AvgIpc) is 3.86. The number of tetrazole rings is 1. The molecule has 1 aliphatic heterocycles.